The lowest BCUT2D eigenvalue weighted by atomic mass is 9.60. The van der Waals surface area contributed by atoms with Gasteiger partial charge in [-0.15, -0.1) is 11.3 Å². The number of thiophene rings is 1. The minimum absolute atomic E-state index is 0.0263. The number of carbonyl (C=O) groups excluding carboxylic acids is 1. The Hall–Kier alpha value is -3.18. The Labute approximate surface area is 197 Å². The van der Waals surface area contributed by atoms with Gasteiger partial charge in [0.1, 0.15) is 12.4 Å². The molecule has 0 atom stereocenters. The zero-order chi connectivity index (χ0) is 23.0. The van der Waals surface area contributed by atoms with Crippen LogP contribution in [0.2, 0.25) is 0 Å². The second kappa shape index (κ2) is 8.64. The van der Waals surface area contributed by atoms with Crippen LogP contribution in [0.25, 0.3) is 21.2 Å². The summed E-state index contributed by atoms with van der Waals surface area (Å²) < 4.78 is 7.38. The molecule has 5 rings (SSSR count). The number of rotatable bonds is 7. The first-order valence-electron chi connectivity index (χ1n) is 11.3. The van der Waals surface area contributed by atoms with Crippen LogP contribution in [-0.2, 0) is 20.9 Å². The summed E-state index contributed by atoms with van der Waals surface area (Å²) in [6.45, 7) is 2.63. The van der Waals surface area contributed by atoms with Gasteiger partial charge in [-0.25, -0.2) is 0 Å². The fourth-order valence-electron chi connectivity index (χ4n) is 5.06. The van der Waals surface area contributed by atoms with Gasteiger partial charge in [-0.05, 0) is 53.6 Å². The minimum Gasteiger partial charge on any atom is -0.493 e. The molecule has 5 heteroatoms. The molecule has 168 valence electrons. The lowest BCUT2D eigenvalue weighted by Crippen LogP contribution is -2.41. The summed E-state index contributed by atoms with van der Waals surface area (Å²) in [6, 6.07) is 15.0. The highest BCUT2D eigenvalue weighted by Gasteiger charge is 2.47. The molecular formula is C28H26O4S. The summed E-state index contributed by atoms with van der Waals surface area (Å²) >= 11 is 1.76. The molecule has 3 aromatic rings. The maximum absolute atomic E-state index is 11.6. The van der Waals surface area contributed by atoms with Crippen molar-refractivity contribution in [1.29, 1.82) is 0 Å². The number of aryl methyl sites for hydroxylation is 1. The van der Waals surface area contributed by atoms with Crippen LogP contribution in [0.15, 0.2) is 71.3 Å². The van der Waals surface area contributed by atoms with Gasteiger partial charge in [-0.3, -0.25) is 9.59 Å². The molecule has 1 heterocycles. The van der Waals surface area contributed by atoms with Crippen LogP contribution in [0.1, 0.15) is 43.2 Å². The normalized spacial score (nSPS) is 17.3. The molecule has 33 heavy (non-hydrogen) atoms. The Bertz CT molecular complexity index is 1300. The van der Waals surface area contributed by atoms with Gasteiger partial charge >= 0.3 is 5.97 Å². The molecule has 1 saturated carbocycles. The van der Waals surface area contributed by atoms with Gasteiger partial charge in [-0.2, -0.15) is 0 Å². The maximum atomic E-state index is 11.6. The minimum atomic E-state index is -0.844. The van der Waals surface area contributed by atoms with Gasteiger partial charge in [0.25, 0.3) is 0 Å². The largest absolute Gasteiger partial charge is 0.493 e. The number of fused-ring (bicyclic) bond motifs is 1. The van der Waals surface area contributed by atoms with Crippen LogP contribution >= 0.6 is 11.3 Å². The number of aliphatic carboxylic acids is 1. The summed E-state index contributed by atoms with van der Waals surface area (Å²) in [7, 11) is 0. The molecule has 0 amide bonds. The number of ketones is 1. The number of hydrogen-bond acceptors (Lipinski definition) is 4. The molecule has 1 N–H and O–H groups in total. The number of Topliss-reactive ketones (excluding diaryl/α,β-unsaturated/α-hetero) is 1. The van der Waals surface area contributed by atoms with Gasteiger partial charge in [0.15, 0.2) is 0 Å². The van der Waals surface area contributed by atoms with E-state index in [4.69, 9.17) is 4.74 Å². The van der Waals surface area contributed by atoms with E-state index in [9.17, 15) is 14.7 Å². The molecule has 0 aliphatic heterocycles. The molecule has 4 nitrogen and oxygen atoms in total. The summed E-state index contributed by atoms with van der Waals surface area (Å²) in [4.78, 5) is 22.9. The second-order valence-corrected chi connectivity index (χ2v) is 10.1. The van der Waals surface area contributed by atoms with Crippen molar-refractivity contribution in [3.05, 3.63) is 82.5 Å². The predicted octanol–water partition coefficient (Wildman–Crippen LogP) is 6.82. The van der Waals surface area contributed by atoms with Crippen LogP contribution in [0.5, 0.6) is 0 Å². The highest BCUT2D eigenvalue weighted by molar-refractivity contribution is 7.17. The van der Waals surface area contributed by atoms with Gasteiger partial charge in [-0.1, -0.05) is 42.0 Å². The SMILES string of the molecule is Cc1ccccc1-c1csc2ccc(COC3=CC=C(C4(CC(=O)O)CC(=O)C4)CC3)cc12. The van der Waals surface area contributed by atoms with Gasteiger partial charge in [0.2, 0.25) is 0 Å². The quantitative estimate of drug-likeness (QED) is 0.422. The van der Waals surface area contributed by atoms with E-state index in [1.165, 1.54) is 26.8 Å². The summed E-state index contributed by atoms with van der Waals surface area (Å²) in [5.41, 5.74) is 5.50. The third-order valence-electron chi connectivity index (χ3n) is 6.85. The smallest absolute Gasteiger partial charge is 0.304 e. The van der Waals surface area contributed by atoms with E-state index in [-0.39, 0.29) is 12.2 Å². The van der Waals surface area contributed by atoms with Gasteiger partial charge < -0.3 is 9.84 Å². The Kier molecular flexibility index (Phi) is 5.67. The van der Waals surface area contributed by atoms with E-state index in [1.807, 2.05) is 12.2 Å². The second-order valence-electron chi connectivity index (χ2n) is 9.15. The molecule has 0 radical (unpaired) electrons. The number of ether oxygens (including phenoxy) is 1. The number of carboxylic acid groups (broad SMARTS) is 1. The van der Waals surface area contributed by atoms with Crippen molar-refractivity contribution in [2.45, 2.75) is 45.6 Å². The fourth-order valence-corrected chi connectivity index (χ4v) is 6.01. The average molecular weight is 459 g/mol. The lowest BCUT2D eigenvalue weighted by molar-refractivity contribution is -0.143. The number of carbonyl (C=O) groups is 2. The van der Waals surface area contributed by atoms with E-state index >= 15 is 0 Å². The van der Waals surface area contributed by atoms with E-state index in [2.05, 4.69) is 54.8 Å². The van der Waals surface area contributed by atoms with Gasteiger partial charge in [0, 0.05) is 40.3 Å². The summed E-state index contributed by atoms with van der Waals surface area (Å²) in [5.74, 6) is 0.208. The fraction of sp³-hybridized carbons (Fsp3) is 0.286. The Balaban J connectivity index is 1.31. The van der Waals surface area contributed by atoms with Crippen LogP contribution in [-0.4, -0.2) is 16.9 Å². The number of allylic oxidation sites excluding steroid dienone is 4. The van der Waals surface area contributed by atoms with Crippen molar-refractivity contribution in [1.82, 2.24) is 0 Å². The van der Waals surface area contributed by atoms with Crippen LogP contribution in [0.4, 0.5) is 0 Å². The van der Waals surface area contributed by atoms with E-state index < -0.39 is 11.4 Å². The van der Waals surface area contributed by atoms with Crippen LogP contribution < -0.4 is 0 Å². The molecule has 1 aromatic heterocycles. The first-order valence-corrected chi connectivity index (χ1v) is 12.1. The van der Waals surface area contributed by atoms with Gasteiger partial charge in [0.05, 0.1) is 12.2 Å². The van der Waals surface area contributed by atoms with Crippen molar-refractivity contribution in [2.24, 2.45) is 5.41 Å². The summed E-state index contributed by atoms with van der Waals surface area (Å²) in [6.07, 6.45) is 6.13. The maximum Gasteiger partial charge on any atom is 0.304 e. The third-order valence-corrected chi connectivity index (χ3v) is 7.81. The highest BCUT2D eigenvalue weighted by Crippen LogP contribution is 2.50. The van der Waals surface area contributed by atoms with E-state index in [1.54, 1.807) is 11.3 Å². The van der Waals surface area contributed by atoms with E-state index in [0.717, 1.165) is 29.7 Å². The molecule has 2 aliphatic carbocycles. The molecule has 2 aliphatic rings. The number of benzene rings is 2. The Morgan fingerprint density at radius 3 is 2.61 bits per heavy atom. The number of carboxylic acids is 1. The van der Waals surface area contributed by atoms with E-state index in [0.29, 0.717) is 19.4 Å². The molecular weight excluding hydrogens is 432 g/mol. The van der Waals surface area contributed by atoms with Crippen LogP contribution in [0.3, 0.4) is 0 Å². The average Bonchev–Trinajstić information content (AvgIpc) is 3.20. The molecule has 0 spiro atoms. The van der Waals surface area contributed by atoms with Crippen molar-refractivity contribution >= 4 is 33.2 Å². The molecule has 0 saturated heterocycles. The number of hydrogen-bond donors (Lipinski definition) is 1. The molecule has 0 unspecified atom stereocenters. The molecule has 1 fully saturated rings. The van der Waals surface area contributed by atoms with Crippen molar-refractivity contribution in [2.75, 3.05) is 0 Å². The first kappa shape index (κ1) is 21.7. The van der Waals surface area contributed by atoms with Crippen molar-refractivity contribution in [3.8, 4) is 11.1 Å². The zero-order valence-electron chi connectivity index (χ0n) is 18.6. The Morgan fingerprint density at radius 2 is 1.91 bits per heavy atom. The van der Waals surface area contributed by atoms with Crippen molar-refractivity contribution in [3.63, 3.8) is 0 Å². The summed E-state index contributed by atoms with van der Waals surface area (Å²) in [5, 5.41) is 12.8. The lowest BCUT2D eigenvalue weighted by Gasteiger charge is -2.42. The molecule has 2 aromatic carbocycles. The molecule has 0 bridgehead atoms. The predicted molar refractivity (Wildman–Crippen MR) is 131 cm³/mol. The topological polar surface area (TPSA) is 63.6 Å². The zero-order valence-corrected chi connectivity index (χ0v) is 19.4. The Morgan fingerprint density at radius 1 is 1.09 bits per heavy atom. The van der Waals surface area contributed by atoms with Crippen molar-refractivity contribution < 1.29 is 19.4 Å². The highest BCUT2D eigenvalue weighted by atomic mass is 32.1. The standard InChI is InChI=1S/C28H26O4S/c1-18-4-2-3-5-23(18)25-17-33-26-11-6-19(12-24(25)26)16-32-22-9-7-20(8-10-22)28(15-27(30)31)13-21(29)14-28/h2-7,9,11-12,17H,8,10,13-16H2,1H3,(H,30,31). The first-order chi connectivity index (χ1) is 15.9. The van der Waals surface area contributed by atoms with Crippen LogP contribution in [0, 0.1) is 12.3 Å². The monoisotopic (exact) mass is 458 g/mol. The third kappa shape index (κ3) is 4.25.